The average Bonchev–Trinajstić information content (AvgIpc) is 3.86. The molecule has 0 N–H and O–H groups in total. The first kappa shape index (κ1) is 31.8. The van der Waals surface area contributed by atoms with Crippen molar-refractivity contribution in [3.8, 4) is 16.9 Å². The number of hydrogen-bond donors (Lipinski definition) is 0. The summed E-state index contributed by atoms with van der Waals surface area (Å²) in [6.07, 6.45) is 1.52. The van der Waals surface area contributed by atoms with Crippen LogP contribution < -0.4 is 9.64 Å². The Morgan fingerprint density at radius 1 is 0.979 bits per heavy atom. The number of fused-ring (bicyclic) bond motifs is 1. The lowest BCUT2D eigenvalue weighted by molar-refractivity contribution is -0.153. The third kappa shape index (κ3) is 6.40. The van der Waals surface area contributed by atoms with Gasteiger partial charge >= 0.3 is 6.18 Å². The van der Waals surface area contributed by atoms with Crippen molar-refractivity contribution in [2.75, 3.05) is 57.8 Å². The molecule has 1 spiro atoms. The zero-order chi connectivity index (χ0) is 33.1. The minimum absolute atomic E-state index is 0.00311. The van der Waals surface area contributed by atoms with Crippen molar-refractivity contribution in [1.82, 2.24) is 19.8 Å². The van der Waals surface area contributed by atoms with Gasteiger partial charge in [0, 0.05) is 54.5 Å². The summed E-state index contributed by atoms with van der Waals surface area (Å²) >= 11 is 0. The van der Waals surface area contributed by atoms with Gasteiger partial charge in [0.2, 0.25) is 5.91 Å². The normalized spacial score (nSPS) is 20.5. The predicted molar refractivity (Wildman–Crippen MR) is 169 cm³/mol. The van der Waals surface area contributed by atoms with Gasteiger partial charge in [0.05, 0.1) is 0 Å². The van der Waals surface area contributed by atoms with Crippen LogP contribution >= 0.6 is 0 Å². The molecule has 4 heterocycles. The topological polar surface area (TPSA) is 61.8 Å². The highest BCUT2D eigenvalue weighted by atomic mass is 19.4. The van der Waals surface area contributed by atoms with E-state index in [1.54, 1.807) is 4.90 Å². The molecule has 3 aromatic rings. The van der Waals surface area contributed by atoms with E-state index in [4.69, 9.17) is 14.7 Å². The summed E-state index contributed by atoms with van der Waals surface area (Å²) in [5.74, 6) is -0.664. The quantitative estimate of drug-likeness (QED) is 0.206. The SMILES string of the molecule is C=CC(=O)N1CC2(CCN(c3nc(C4CCN(C)CC4)nc4c(OCC(F)(F)F)c(-c5cc(F)cc(F)c5)c(C5CC5)cc34)CC2)C1. The maximum absolute atomic E-state index is 14.6. The molecule has 1 saturated carbocycles. The lowest BCUT2D eigenvalue weighted by atomic mass is 9.72. The molecule has 4 fully saturated rings. The second kappa shape index (κ2) is 12.0. The van der Waals surface area contributed by atoms with E-state index in [2.05, 4.69) is 16.4 Å². The van der Waals surface area contributed by atoms with E-state index in [1.165, 1.54) is 6.08 Å². The molecule has 12 heteroatoms. The molecule has 1 amide bonds. The van der Waals surface area contributed by atoms with Gasteiger partial charge in [-0.15, -0.1) is 0 Å². The number of nitrogens with zero attached hydrogens (tertiary/aromatic N) is 5. The fourth-order valence-corrected chi connectivity index (χ4v) is 7.51. The van der Waals surface area contributed by atoms with Crippen LogP contribution in [0.5, 0.6) is 5.75 Å². The number of piperidine rings is 2. The molecule has 1 aliphatic carbocycles. The van der Waals surface area contributed by atoms with Crippen molar-refractivity contribution in [3.05, 3.63) is 59.9 Å². The Hall–Kier alpha value is -3.80. The highest BCUT2D eigenvalue weighted by Gasteiger charge is 2.46. The smallest absolute Gasteiger partial charge is 0.422 e. The van der Waals surface area contributed by atoms with E-state index >= 15 is 0 Å². The molecular formula is C35H38F5N5O2. The van der Waals surface area contributed by atoms with Gasteiger partial charge in [-0.05, 0) is 100.0 Å². The van der Waals surface area contributed by atoms with Crippen molar-refractivity contribution in [2.45, 2.75) is 56.5 Å². The number of carbonyl (C=O) groups excluding carboxylic acids is 1. The van der Waals surface area contributed by atoms with Gasteiger partial charge < -0.3 is 19.4 Å². The Morgan fingerprint density at radius 3 is 2.23 bits per heavy atom. The zero-order valence-electron chi connectivity index (χ0n) is 26.4. The monoisotopic (exact) mass is 655 g/mol. The molecule has 0 radical (unpaired) electrons. The third-order valence-corrected chi connectivity index (χ3v) is 10.3. The predicted octanol–water partition coefficient (Wildman–Crippen LogP) is 6.82. The number of likely N-dealkylation sites (tertiary alicyclic amines) is 2. The van der Waals surface area contributed by atoms with Gasteiger partial charge in [-0.3, -0.25) is 4.79 Å². The van der Waals surface area contributed by atoms with Crippen LogP contribution in [0, 0.1) is 17.0 Å². The van der Waals surface area contributed by atoms with Gasteiger partial charge in [-0.25, -0.2) is 18.7 Å². The molecule has 7 nitrogen and oxygen atoms in total. The molecule has 0 atom stereocenters. The number of rotatable bonds is 7. The average molecular weight is 656 g/mol. The molecule has 0 bridgehead atoms. The summed E-state index contributed by atoms with van der Waals surface area (Å²) in [7, 11) is 2.05. The Kier molecular flexibility index (Phi) is 8.13. The fourth-order valence-electron chi connectivity index (χ4n) is 7.51. The largest absolute Gasteiger partial charge is 0.481 e. The van der Waals surface area contributed by atoms with Crippen LogP contribution in [0.4, 0.5) is 27.8 Å². The van der Waals surface area contributed by atoms with Crippen LogP contribution in [0.1, 0.15) is 61.7 Å². The highest BCUT2D eigenvalue weighted by Crippen LogP contribution is 2.52. The highest BCUT2D eigenvalue weighted by molar-refractivity contribution is 6.00. The van der Waals surface area contributed by atoms with Crippen LogP contribution in [0.25, 0.3) is 22.0 Å². The van der Waals surface area contributed by atoms with Gasteiger partial charge in [-0.1, -0.05) is 6.58 Å². The van der Waals surface area contributed by atoms with E-state index < -0.39 is 24.4 Å². The molecule has 3 saturated heterocycles. The molecule has 3 aliphatic heterocycles. The number of anilines is 1. The summed E-state index contributed by atoms with van der Waals surface area (Å²) in [5, 5.41) is 0.578. The lowest BCUT2D eigenvalue weighted by Crippen LogP contribution is -2.61. The van der Waals surface area contributed by atoms with Crippen LogP contribution in [0.3, 0.4) is 0 Å². The summed E-state index contributed by atoms with van der Waals surface area (Å²) in [6.45, 7) is 6.34. The van der Waals surface area contributed by atoms with Gasteiger partial charge in [-0.2, -0.15) is 13.2 Å². The standard InChI is InChI=1S/C35H38F5N5O2/c1-3-28(46)45-18-34(19-45)8-12-44(13-9-34)33-27-17-26(21-4-5-21)29(23-14-24(36)16-25(37)15-23)31(47-20-35(38,39)40)30(27)41-32(42-33)22-6-10-43(2)11-7-22/h3,14-17,21-22H,1,4-13,18-20H2,2H3. The second-order valence-electron chi connectivity index (χ2n) is 13.8. The number of hydrogen-bond acceptors (Lipinski definition) is 6. The van der Waals surface area contributed by atoms with E-state index in [0.29, 0.717) is 48.8 Å². The van der Waals surface area contributed by atoms with E-state index in [-0.39, 0.29) is 45.6 Å². The molecule has 7 rings (SSSR count). The van der Waals surface area contributed by atoms with E-state index in [0.717, 1.165) is 69.8 Å². The molecule has 4 aliphatic rings. The summed E-state index contributed by atoms with van der Waals surface area (Å²) in [6, 6.07) is 4.94. The Balaban J connectivity index is 1.38. The summed E-state index contributed by atoms with van der Waals surface area (Å²) < 4.78 is 76.1. The first-order valence-electron chi connectivity index (χ1n) is 16.3. The van der Waals surface area contributed by atoms with E-state index in [1.807, 2.05) is 13.1 Å². The number of amides is 1. The minimum atomic E-state index is -4.65. The van der Waals surface area contributed by atoms with E-state index in [9.17, 15) is 26.7 Å². The number of halogens is 5. The molecule has 2 aromatic carbocycles. The maximum Gasteiger partial charge on any atom is 0.422 e. The van der Waals surface area contributed by atoms with Crippen molar-refractivity contribution >= 4 is 22.6 Å². The van der Waals surface area contributed by atoms with Crippen LogP contribution in [-0.4, -0.2) is 84.8 Å². The fraction of sp³-hybridized carbons (Fsp3) is 0.514. The number of benzene rings is 2. The molecule has 1 aromatic heterocycles. The van der Waals surface area contributed by atoms with Crippen molar-refractivity contribution in [2.24, 2.45) is 5.41 Å². The maximum atomic E-state index is 14.6. The van der Waals surface area contributed by atoms with Crippen LogP contribution in [0.2, 0.25) is 0 Å². The molecular weight excluding hydrogens is 617 g/mol. The van der Waals surface area contributed by atoms with Gasteiger partial charge in [0.15, 0.2) is 12.4 Å². The Morgan fingerprint density at radius 2 is 1.64 bits per heavy atom. The zero-order valence-corrected chi connectivity index (χ0v) is 26.4. The van der Waals surface area contributed by atoms with Crippen LogP contribution in [0.15, 0.2) is 36.9 Å². The van der Waals surface area contributed by atoms with Crippen LogP contribution in [-0.2, 0) is 4.79 Å². The number of carbonyl (C=O) groups is 1. The lowest BCUT2D eigenvalue weighted by Gasteiger charge is -2.54. The number of aromatic nitrogens is 2. The summed E-state index contributed by atoms with van der Waals surface area (Å²) in [5.41, 5.74) is 1.30. The summed E-state index contributed by atoms with van der Waals surface area (Å²) in [4.78, 5) is 28.4. The van der Waals surface area contributed by atoms with Crippen molar-refractivity contribution in [3.63, 3.8) is 0 Å². The molecule has 250 valence electrons. The number of alkyl halides is 3. The number of ether oxygens (including phenoxy) is 1. The third-order valence-electron chi connectivity index (χ3n) is 10.3. The van der Waals surface area contributed by atoms with Gasteiger partial charge in [0.1, 0.15) is 28.8 Å². The minimum Gasteiger partial charge on any atom is -0.481 e. The van der Waals surface area contributed by atoms with Crippen molar-refractivity contribution < 1.29 is 31.5 Å². The Bertz CT molecular complexity index is 1680. The van der Waals surface area contributed by atoms with Crippen molar-refractivity contribution in [1.29, 1.82) is 0 Å². The first-order chi connectivity index (χ1) is 22.4. The molecule has 0 unspecified atom stereocenters. The second-order valence-corrected chi connectivity index (χ2v) is 13.8. The Labute approximate surface area is 270 Å². The molecule has 47 heavy (non-hydrogen) atoms. The van der Waals surface area contributed by atoms with Gasteiger partial charge in [0.25, 0.3) is 0 Å². The first-order valence-corrected chi connectivity index (χ1v) is 16.3.